The highest BCUT2D eigenvalue weighted by molar-refractivity contribution is 6.04. The number of hydrogen-bond donors (Lipinski definition) is 1. The van der Waals surface area contributed by atoms with E-state index in [0.29, 0.717) is 11.5 Å². The first-order valence-corrected chi connectivity index (χ1v) is 5.42. The third-order valence-corrected chi connectivity index (χ3v) is 2.24. The lowest BCUT2D eigenvalue weighted by Crippen LogP contribution is -1.92. The maximum Gasteiger partial charge on any atom is 0.328 e. The van der Waals surface area contributed by atoms with Gasteiger partial charge in [0.15, 0.2) is 17.3 Å². The maximum atomic E-state index is 11.3. The van der Waals surface area contributed by atoms with Crippen LogP contribution in [0.4, 0.5) is 0 Å². The fourth-order valence-electron chi connectivity index (χ4n) is 1.34. The van der Waals surface area contributed by atoms with Gasteiger partial charge in [-0.3, -0.25) is 4.79 Å². The number of hydrogen-bond acceptors (Lipinski definition) is 4. The first-order valence-electron chi connectivity index (χ1n) is 5.42. The Bertz CT molecular complexity index is 529. The number of ketones is 1. The zero-order valence-electron chi connectivity index (χ0n) is 10.6. The highest BCUT2D eigenvalue weighted by Gasteiger charge is 2.02. The van der Waals surface area contributed by atoms with Crippen molar-refractivity contribution in [2.45, 2.75) is 0 Å². The molecule has 0 aliphatic carbocycles. The molecule has 0 unspecified atom stereocenters. The minimum absolute atomic E-state index is 0.405. The first-order chi connectivity index (χ1) is 9.06. The predicted octanol–water partition coefficient (Wildman–Crippen LogP) is 1.93. The molecule has 0 saturated carbocycles. The van der Waals surface area contributed by atoms with E-state index in [0.717, 1.165) is 17.7 Å². The van der Waals surface area contributed by atoms with Gasteiger partial charge in [-0.05, 0) is 29.8 Å². The third-order valence-electron chi connectivity index (χ3n) is 2.24. The summed E-state index contributed by atoms with van der Waals surface area (Å²) in [6.07, 6.45) is 4.62. The summed E-state index contributed by atoms with van der Waals surface area (Å²) < 4.78 is 10.2. The highest BCUT2D eigenvalue weighted by atomic mass is 16.5. The summed E-state index contributed by atoms with van der Waals surface area (Å²) in [6.45, 7) is 0. The SMILES string of the molecule is COc1ccc(C=CC(=O)C=CC(=O)O)cc1OC. The molecule has 1 rings (SSSR count). The van der Waals surface area contributed by atoms with Gasteiger partial charge in [-0.1, -0.05) is 12.1 Å². The average Bonchev–Trinajstić information content (AvgIpc) is 2.42. The van der Waals surface area contributed by atoms with Crippen LogP contribution in [0.1, 0.15) is 5.56 Å². The van der Waals surface area contributed by atoms with Gasteiger partial charge in [-0.2, -0.15) is 0 Å². The number of methoxy groups -OCH3 is 2. The number of ether oxygens (including phenoxy) is 2. The van der Waals surface area contributed by atoms with Crippen molar-refractivity contribution in [3.63, 3.8) is 0 Å². The minimum Gasteiger partial charge on any atom is -0.493 e. The van der Waals surface area contributed by atoms with Crippen LogP contribution in [0, 0.1) is 0 Å². The van der Waals surface area contributed by atoms with Crippen LogP contribution < -0.4 is 9.47 Å². The second-order valence-corrected chi connectivity index (χ2v) is 3.52. The number of aliphatic carboxylic acids is 1. The Hall–Kier alpha value is -2.56. The van der Waals surface area contributed by atoms with Crippen molar-refractivity contribution < 1.29 is 24.2 Å². The van der Waals surface area contributed by atoms with Crippen molar-refractivity contribution in [1.29, 1.82) is 0 Å². The molecule has 1 N–H and O–H groups in total. The Kier molecular flexibility index (Phi) is 5.35. The Balaban J connectivity index is 2.82. The monoisotopic (exact) mass is 262 g/mol. The van der Waals surface area contributed by atoms with Crippen LogP contribution in [0.3, 0.4) is 0 Å². The summed E-state index contributed by atoms with van der Waals surface area (Å²) in [4.78, 5) is 21.5. The normalized spacial score (nSPS) is 10.8. The molecular formula is C14H14O5. The number of rotatable bonds is 6. The lowest BCUT2D eigenvalue weighted by atomic mass is 10.1. The lowest BCUT2D eigenvalue weighted by molar-refractivity contribution is -0.131. The van der Waals surface area contributed by atoms with Crippen LogP contribution in [0.5, 0.6) is 11.5 Å². The van der Waals surface area contributed by atoms with E-state index in [1.807, 2.05) is 0 Å². The van der Waals surface area contributed by atoms with Crippen molar-refractivity contribution in [1.82, 2.24) is 0 Å². The molecule has 0 aliphatic rings. The van der Waals surface area contributed by atoms with Gasteiger partial charge in [0.25, 0.3) is 0 Å². The van der Waals surface area contributed by atoms with E-state index in [2.05, 4.69) is 0 Å². The standard InChI is InChI=1S/C14H14O5/c1-18-12-7-4-10(9-13(12)19-2)3-5-11(15)6-8-14(16)17/h3-9H,1-2H3,(H,16,17). The van der Waals surface area contributed by atoms with E-state index >= 15 is 0 Å². The summed E-state index contributed by atoms with van der Waals surface area (Å²) in [5, 5.41) is 8.38. The van der Waals surface area contributed by atoms with Gasteiger partial charge in [-0.25, -0.2) is 4.79 Å². The smallest absolute Gasteiger partial charge is 0.328 e. The van der Waals surface area contributed by atoms with E-state index in [4.69, 9.17) is 14.6 Å². The van der Waals surface area contributed by atoms with Crippen LogP contribution in [0.15, 0.2) is 36.4 Å². The number of benzene rings is 1. The summed E-state index contributed by atoms with van der Waals surface area (Å²) in [6, 6.07) is 5.19. The van der Waals surface area contributed by atoms with Gasteiger partial charge >= 0.3 is 5.97 Å². The van der Waals surface area contributed by atoms with E-state index in [1.54, 1.807) is 24.3 Å². The first kappa shape index (κ1) is 14.5. The number of carbonyl (C=O) groups excluding carboxylic acids is 1. The van der Waals surface area contributed by atoms with E-state index < -0.39 is 11.8 Å². The van der Waals surface area contributed by atoms with Crippen molar-refractivity contribution in [2.75, 3.05) is 14.2 Å². The number of allylic oxidation sites excluding steroid dienone is 2. The Labute approximate surface area is 110 Å². The van der Waals surface area contributed by atoms with E-state index in [1.165, 1.54) is 20.3 Å². The quantitative estimate of drug-likeness (QED) is 0.793. The van der Waals surface area contributed by atoms with Gasteiger partial charge < -0.3 is 14.6 Å². The molecule has 19 heavy (non-hydrogen) atoms. The second kappa shape index (κ2) is 7.00. The summed E-state index contributed by atoms with van der Waals surface area (Å²) >= 11 is 0. The van der Waals surface area contributed by atoms with Gasteiger partial charge in [0, 0.05) is 6.08 Å². The largest absolute Gasteiger partial charge is 0.493 e. The van der Waals surface area contributed by atoms with Gasteiger partial charge in [0.05, 0.1) is 14.2 Å². The van der Waals surface area contributed by atoms with Crippen LogP contribution >= 0.6 is 0 Å². The molecule has 5 heteroatoms. The summed E-state index contributed by atoms with van der Waals surface area (Å²) in [7, 11) is 3.06. The Morgan fingerprint density at radius 2 is 1.74 bits per heavy atom. The molecule has 0 spiro atoms. The number of carbonyl (C=O) groups is 2. The molecular weight excluding hydrogens is 248 g/mol. The third kappa shape index (κ3) is 4.67. The lowest BCUT2D eigenvalue weighted by Gasteiger charge is -2.07. The van der Waals surface area contributed by atoms with Gasteiger partial charge in [-0.15, -0.1) is 0 Å². The fourth-order valence-corrected chi connectivity index (χ4v) is 1.34. The second-order valence-electron chi connectivity index (χ2n) is 3.52. The van der Waals surface area contributed by atoms with Crippen molar-refractivity contribution >= 4 is 17.8 Å². The van der Waals surface area contributed by atoms with E-state index in [9.17, 15) is 9.59 Å². The Morgan fingerprint density at radius 1 is 1.05 bits per heavy atom. The molecule has 0 aliphatic heterocycles. The molecule has 100 valence electrons. The van der Waals surface area contributed by atoms with Crippen LogP contribution in [0.25, 0.3) is 6.08 Å². The average molecular weight is 262 g/mol. The molecule has 0 aromatic heterocycles. The van der Waals surface area contributed by atoms with Crippen molar-refractivity contribution in [3.05, 3.63) is 42.0 Å². The molecule has 0 radical (unpaired) electrons. The van der Waals surface area contributed by atoms with Crippen molar-refractivity contribution in [3.8, 4) is 11.5 Å². The molecule has 1 aromatic carbocycles. The van der Waals surface area contributed by atoms with Crippen molar-refractivity contribution in [2.24, 2.45) is 0 Å². The Morgan fingerprint density at radius 3 is 2.32 bits per heavy atom. The summed E-state index contributed by atoms with van der Waals surface area (Å²) in [5.74, 6) is -0.417. The highest BCUT2D eigenvalue weighted by Crippen LogP contribution is 2.27. The van der Waals surface area contributed by atoms with Gasteiger partial charge in [0.1, 0.15) is 0 Å². The topological polar surface area (TPSA) is 72.8 Å². The number of carboxylic acids is 1. The molecule has 0 bridgehead atoms. The fraction of sp³-hybridized carbons (Fsp3) is 0.143. The predicted molar refractivity (Wildman–Crippen MR) is 70.4 cm³/mol. The van der Waals surface area contributed by atoms with Crippen LogP contribution in [-0.2, 0) is 9.59 Å². The molecule has 0 heterocycles. The zero-order chi connectivity index (χ0) is 14.3. The van der Waals surface area contributed by atoms with Crippen LogP contribution in [0.2, 0.25) is 0 Å². The summed E-state index contributed by atoms with van der Waals surface area (Å²) in [5.41, 5.74) is 0.745. The van der Waals surface area contributed by atoms with Crippen LogP contribution in [-0.4, -0.2) is 31.1 Å². The molecule has 0 amide bonds. The molecule has 5 nitrogen and oxygen atoms in total. The molecule has 0 atom stereocenters. The molecule has 0 saturated heterocycles. The minimum atomic E-state index is -1.16. The van der Waals surface area contributed by atoms with Gasteiger partial charge in [0.2, 0.25) is 0 Å². The molecule has 1 aromatic rings. The van der Waals surface area contributed by atoms with E-state index in [-0.39, 0.29) is 0 Å². The maximum absolute atomic E-state index is 11.3. The number of carboxylic acid groups (broad SMARTS) is 1. The zero-order valence-corrected chi connectivity index (χ0v) is 10.6. The molecule has 0 fully saturated rings.